The van der Waals surface area contributed by atoms with Gasteiger partial charge in [-0.05, 0) is 65.0 Å². The van der Waals surface area contributed by atoms with Crippen LogP contribution in [0.3, 0.4) is 0 Å². The Morgan fingerprint density at radius 1 is 1.03 bits per heavy atom. The third-order valence-electron chi connectivity index (χ3n) is 8.34. The van der Waals surface area contributed by atoms with Gasteiger partial charge in [0, 0.05) is 13.3 Å². The van der Waals surface area contributed by atoms with Gasteiger partial charge in [-0.2, -0.15) is 0 Å². The van der Waals surface area contributed by atoms with E-state index < -0.39 is 0 Å². The largest absolute Gasteiger partial charge is 0.458 e. The molecule has 0 bridgehead atoms. The van der Waals surface area contributed by atoms with Crippen molar-refractivity contribution in [3.05, 3.63) is 58.0 Å². The molecule has 2 aliphatic rings. The van der Waals surface area contributed by atoms with E-state index in [0.29, 0.717) is 11.7 Å². The number of ketones is 1. The second-order valence-electron chi connectivity index (χ2n) is 11.9. The molecular weight excluding hydrogens is 415 g/mol. The molecule has 0 amide bonds. The van der Waals surface area contributed by atoms with Gasteiger partial charge in [0.25, 0.3) is 0 Å². The summed E-state index contributed by atoms with van der Waals surface area (Å²) in [4.78, 5) is 11.4. The van der Waals surface area contributed by atoms with Crippen molar-refractivity contribution in [3.63, 3.8) is 0 Å². The van der Waals surface area contributed by atoms with E-state index in [0.717, 1.165) is 18.1 Å². The van der Waals surface area contributed by atoms with Gasteiger partial charge in [-0.1, -0.05) is 39.8 Å². The maximum Gasteiger partial charge on any atom is 0.194 e. The third kappa shape index (κ3) is 6.17. The first-order chi connectivity index (χ1) is 16.0. The fraction of sp³-hybridized carbons (Fsp3) is 0.613. The predicted octanol–water partition coefficient (Wildman–Crippen LogP) is 8.06. The molecule has 0 saturated heterocycles. The quantitative estimate of drug-likeness (QED) is 0.343. The molecule has 34 heavy (non-hydrogen) atoms. The summed E-state index contributed by atoms with van der Waals surface area (Å²) in [6.45, 7) is 15.4. The fourth-order valence-electron chi connectivity index (χ4n) is 5.54. The first kappa shape index (κ1) is 26.6. The van der Waals surface area contributed by atoms with Crippen molar-refractivity contribution in [2.75, 3.05) is 0 Å². The Bertz CT molecular complexity index is 1040. The zero-order valence-electron chi connectivity index (χ0n) is 22.5. The van der Waals surface area contributed by atoms with E-state index in [1.807, 2.05) is 6.07 Å². The van der Waals surface area contributed by atoms with E-state index in [4.69, 9.17) is 11.7 Å². The summed E-state index contributed by atoms with van der Waals surface area (Å²) in [5.41, 5.74) is 6.01. The molecule has 1 fully saturated rings. The summed E-state index contributed by atoms with van der Waals surface area (Å²) in [5.74, 6) is 5.71. The Morgan fingerprint density at radius 2 is 1.62 bits per heavy atom. The van der Waals surface area contributed by atoms with E-state index >= 15 is 0 Å². The summed E-state index contributed by atoms with van der Waals surface area (Å²) in [5, 5.41) is 0. The Morgan fingerprint density at radius 3 is 2.12 bits per heavy atom. The second kappa shape index (κ2) is 10.7. The number of benzene rings is 1. The van der Waals surface area contributed by atoms with E-state index in [9.17, 15) is 4.79 Å². The average Bonchev–Trinajstić information content (AvgIpc) is 3.27. The first-order valence-corrected chi connectivity index (χ1v) is 13.2. The molecule has 3 heteroatoms. The van der Waals surface area contributed by atoms with Crippen LogP contribution >= 0.6 is 0 Å². The van der Waals surface area contributed by atoms with Crippen LogP contribution in [0.25, 0.3) is 0 Å². The van der Waals surface area contributed by atoms with Crippen molar-refractivity contribution >= 4 is 13.1 Å². The van der Waals surface area contributed by atoms with Gasteiger partial charge in [0.15, 0.2) is 11.5 Å². The SMILES string of the molecule is B#CC1CCC(CC)CC1.CC(=O)c1ccc(Cc2cc3c(cc2C)C(C)(C)CCC3(C)C)o1. The van der Waals surface area contributed by atoms with Crippen molar-refractivity contribution in [3.8, 4) is 5.80 Å². The van der Waals surface area contributed by atoms with E-state index in [1.54, 1.807) is 6.07 Å². The molecule has 0 spiro atoms. The molecule has 2 nitrogen and oxygen atoms in total. The Balaban J connectivity index is 0.000000271. The average molecular weight is 458 g/mol. The molecule has 0 unspecified atom stereocenters. The van der Waals surface area contributed by atoms with Crippen LogP contribution in [0.5, 0.6) is 0 Å². The van der Waals surface area contributed by atoms with Crippen LogP contribution in [0.15, 0.2) is 28.7 Å². The van der Waals surface area contributed by atoms with Gasteiger partial charge in [0.2, 0.25) is 0 Å². The van der Waals surface area contributed by atoms with Crippen LogP contribution in [0.4, 0.5) is 0 Å². The standard InChI is InChI=1S/C22H28O2.C9H15B/c1-14-11-18-19(22(5,6)10-9-21(18,3)4)13-16(14)12-17-7-8-20(24-17)15(2)23;1-2-8-3-5-9(7-10)6-4-8/h7-8,11,13H,9-10,12H2,1-6H3;8-9H,2-6H2,1H3. The van der Waals surface area contributed by atoms with E-state index in [1.165, 1.54) is 74.1 Å². The van der Waals surface area contributed by atoms with Crippen LogP contribution in [-0.2, 0) is 17.3 Å². The number of Topliss-reactive ketones (excluding diaryl/α,β-unsaturated/α-hetero) is 1. The van der Waals surface area contributed by atoms with Crippen LogP contribution in [0.1, 0.15) is 125 Å². The number of carbonyl (C=O) groups is 1. The maximum atomic E-state index is 11.4. The van der Waals surface area contributed by atoms with Gasteiger partial charge in [-0.3, -0.25) is 4.79 Å². The molecule has 2 aromatic rings. The smallest absolute Gasteiger partial charge is 0.194 e. The minimum Gasteiger partial charge on any atom is -0.458 e. The summed E-state index contributed by atoms with van der Waals surface area (Å²) in [6.07, 6.45) is 9.80. The van der Waals surface area contributed by atoms with Gasteiger partial charge >= 0.3 is 64.0 Å². The number of rotatable bonds is 4. The molecular formula is C31H43BO2. The van der Waals surface area contributed by atoms with Crippen molar-refractivity contribution in [1.82, 2.24) is 0 Å². The van der Waals surface area contributed by atoms with E-state index in [-0.39, 0.29) is 16.6 Å². The number of carbonyl (C=O) groups excluding carboxylic acids is 1. The molecule has 1 aromatic carbocycles. The van der Waals surface area contributed by atoms with E-state index in [2.05, 4.69) is 59.5 Å². The van der Waals surface area contributed by atoms with Crippen molar-refractivity contribution in [2.24, 2.45) is 11.8 Å². The van der Waals surface area contributed by atoms with Crippen LogP contribution in [-0.4, -0.2) is 13.1 Å². The monoisotopic (exact) mass is 458 g/mol. The number of hydrogen-bond acceptors (Lipinski definition) is 2. The van der Waals surface area contributed by atoms with Gasteiger partial charge in [-0.25, -0.2) is 0 Å². The summed E-state index contributed by atoms with van der Waals surface area (Å²) < 4.78 is 5.69. The van der Waals surface area contributed by atoms with Gasteiger partial charge < -0.3 is 4.42 Å². The molecule has 0 radical (unpaired) electrons. The summed E-state index contributed by atoms with van der Waals surface area (Å²) in [7, 11) is 5.34. The molecule has 0 aliphatic heterocycles. The fourth-order valence-corrected chi connectivity index (χ4v) is 5.54. The van der Waals surface area contributed by atoms with Crippen molar-refractivity contribution < 1.29 is 9.21 Å². The zero-order valence-corrected chi connectivity index (χ0v) is 22.5. The number of aryl methyl sites for hydroxylation is 1. The molecule has 1 heterocycles. The van der Waals surface area contributed by atoms with Crippen molar-refractivity contribution in [2.45, 2.75) is 111 Å². The minimum absolute atomic E-state index is 0.0219. The molecule has 1 saturated carbocycles. The molecule has 0 N–H and O–H groups in total. The van der Waals surface area contributed by atoms with Crippen LogP contribution in [0.2, 0.25) is 0 Å². The number of fused-ring (bicyclic) bond motifs is 1. The van der Waals surface area contributed by atoms with Gasteiger partial charge in [0.1, 0.15) is 5.76 Å². The van der Waals surface area contributed by atoms with Gasteiger partial charge in [0.05, 0.1) is 0 Å². The Labute approximate surface area is 208 Å². The molecule has 2 aliphatic carbocycles. The normalized spacial score (nSPS) is 22.7. The minimum atomic E-state index is -0.0219. The van der Waals surface area contributed by atoms with Crippen molar-refractivity contribution in [1.29, 1.82) is 0 Å². The summed E-state index contributed by atoms with van der Waals surface area (Å²) in [6, 6.07) is 8.45. The first-order valence-electron chi connectivity index (χ1n) is 13.2. The van der Waals surface area contributed by atoms with Crippen LogP contribution < -0.4 is 0 Å². The molecule has 4 rings (SSSR count). The Hall–Kier alpha value is -1.99. The topological polar surface area (TPSA) is 30.2 Å². The second-order valence-corrected chi connectivity index (χ2v) is 11.9. The zero-order chi connectivity index (χ0) is 25.1. The molecule has 0 atom stereocenters. The third-order valence-corrected chi connectivity index (χ3v) is 8.34. The molecule has 1 aromatic heterocycles. The molecule has 182 valence electrons. The maximum absolute atomic E-state index is 11.4. The number of hydrogen-bond donors (Lipinski definition) is 0. The Kier molecular flexibility index (Phi) is 8.40. The predicted molar refractivity (Wildman–Crippen MR) is 143 cm³/mol. The van der Waals surface area contributed by atoms with Crippen LogP contribution in [0, 0.1) is 24.6 Å². The number of furan rings is 1. The van der Waals surface area contributed by atoms with Gasteiger partial charge in [-0.15, -0.1) is 0 Å². The summed E-state index contributed by atoms with van der Waals surface area (Å²) >= 11 is 0.